The van der Waals surface area contributed by atoms with Crippen LogP contribution in [0.2, 0.25) is 0 Å². The first-order valence-electron chi connectivity index (χ1n) is 7.15. The highest BCUT2D eigenvalue weighted by molar-refractivity contribution is 5.94. The minimum atomic E-state index is -0.273. The van der Waals surface area contributed by atoms with Crippen LogP contribution >= 0.6 is 0 Å². The molecule has 5 nitrogen and oxygen atoms in total. The molecule has 1 saturated heterocycles. The Hall–Kier alpha value is -1.36. The fraction of sp³-hybridized carbons (Fsp3) is 0.714. The lowest BCUT2D eigenvalue weighted by Crippen LogP contribution is -2.47. The monoisotopic (exact) mass is 264 g/mol. The summed E-state index contributed by atoms with van der Waals surface area (Å²) >= 11 is 0. The lowest BCUT2D eigenvalue weighted by atomic mass is 9.77. The first kappa shape index (κ1) is 14.1. The molecule has 5 heteroatoms. The van der Waals surface area contributed by atoms with E-state index in [0.29, 0.717) is 0 Å². The molecule has 0 saturated carbocycles. The van der Waals surface area contributed by atoms with Crippen molar-refractivity contribution in [3.05, 3.63) is 12.3 Å². The minimum Gasteiger partial charge on any atom is -0.316 e. The molecule has 19 heavy (non-hydrogen) atoms. The number of aromatic nitrogens is 2. The molecular weight excluding hydrogens is 240 g/mol. The predicted octanol–water partition coefficient (Wildman–Crippen LogP) is 2.18. The molecule has 2 N–H and O–H groups in total. The van der Waals surface area contributed by atoms with Crippen LogP contribution in [0.15, 0.2) is 12.3 Å². The Morgan fingerprint density at radius 3 is 3.00 bits per heavy atom. The molecule has 0 bridgehead atoms. The topological polar surface area (TPSA) is 59.0 Å². The number of nitrogens with zero attached hydrogens (tertiary/aromatic N) is 2. The van der Waals surface area contributed by atoms with Crippen molar-refractivity contribution in [3.8, 4) is 0 Å². The van der Waals surface area contributed by atoms with Crippen molar-refractivity contribution in [2.24, 2.45) is 5.41 Å². The average molecular weight is 264 g/mol. The Morgan fingerprint density at radius 2 is 2.42 bits per heavy atom. The summed E-state index contributed by atoms with van der Waals surface area (Å²) in [5.74, 6) is 0.906. The Labute approximate surface area is 114 Å². The maximum absolute atomic E-state index is 12.6. The Morgan fingerprint density at radius 1 is 1.63 bits per heavy atom. The van der Waals surface area contributed by atoms with E-state index in [1.54, 1.807) is 6.20 Å². The van der Waals surface area contributed by atoms with E-state index < -0.39 is 0 Å². The summed E-state index contributed by atoms with van der Waals surface area (Å²) in [6.45, 7) is 7.98. The number of amides is 1. The van der Waals surface area contributed by atoms with E-state index in [0.717, 1.165) is 38.2 Å². The van der Waals surface area contributed by atoms with Gasteiger partial charge in [-0.15, -0.1) is 0 Å². The lowest BCUT2D eigenvalue weighted by Gasteiger charge is -2.35. The van der Waals surface area contributed by atoms with Gasteiger partial charge in [0.25, 0.3) is 0 Å². The molecule has 1 aromatic heterocycles. The zero-order valence-electron chi connectivity index (χ0n) is 12.1. The molecule has 2 rings (SSSR count). The van der Waals surface area contributed by atoms with Gasteiger partial charge in [0, 0.05) is 18.7 Å². The van der Waals surface area contributed by atoms with E-state index >= 15 is 0 Å². The van der Waals surface area contributed by atoms with Crippen LogP contribution in [0.1, 0.15) is 46.1 Å². The average Bonchev–Trinajstić information content (AvgIpc) is 2.87. The van der Waals surface area contributed by atoms with E-state index in [2.05, 4.69) is 36.5 Å². The normalized spacial score (nSPS) is 23.6. The molecule has 0 aliphatic carbocycles. The first-order chi connectivity index (χ1) is 9.09. The van der Waals surface area contributed by atoms with E-state index in [1.807, 2.05) is 10.7 Å². The van der Waals surface area contributed by atoms with E-state index in [1.165, 1.54) is 0 Å². The number of hydrogen-bond acceptors (Lipinski definition) is 3. The maximum Gasteiger partial charge on any atom is 0.233 e. The van der Waals surface area contributed by atoms with Gasteiger partial charge in [-0.2, -0.15) is 5.10 Å². The maximum atomic E-state index is 12.6. The summed E-state index contributed by atoms with van der Waals surface area (Å²) < 4.78 is 1.84. The quantitative estimate of drug-likeness (QED) is 0.876. The second-order valence-electron chi connectivity index (χ2n) is 5.62. The van der Waals surface area contributed by atoms with Gasteiger partial charge in [-0.1, -0.05) is 6.92 Å². The highest BCUT2D eigenvalue weighted by atomic mass is 16.2. The molecule has 0 aromatic carbocycles. The molecule has 106 valence electrons. The third-order valence-electron chi connectivity index (χ3n) is 4.03. The van der Waals surface area contributed by atoms with Gasteiger partial charge in [-0.05, 0) is 39.7 Å². The molecule has 1 aromatic rings. The van der Waals surface area contributed by atoms with Crippen molar-refractivity contribution in [3.63, 3.8) is 0 Å². The molecule has 0 radical (unpaired) electrons. The van der Waals surface area contributed by atoms with E-state index in [9.17, 15) is 4.79 Å². The molecule has 1 aliphatic rings. The second kappa shape index (κ2) is 5.74. The van der Waals surface area contributed by atoms with Crippen LogP contribution in [0, 0.1) is 5.41 Å². The Balaban J connectivity index is 2.13. The van der Waals surface area contributed by atoms with Crippen molar-refractivity contribution in [2.75, 3.05) is 18.4 Å². The van der Waals surface area contributed by atoms with Crippen LogP contribution < -0.4 is 10.6 Å². The summed E-state index contributed by atoms with van der Waals surface area (Å²) in [4.78, 5) is 12.6. The molecule has 1 aliphatic heterocycles. The Bertz CT molecular complexity index is 432. The number of piperidine rings is 1. The zero-order valence-corrected chi connectivity index (χ0v) is 12.1. The number of carbonyl (C=O) groups excluding carboxylic acids is 1. The SMILES string of the molecule is CCC1(C(=O)Nc2ccnn2C(C)C)CCCNC1. The van der Waals surface area contributed by atoms with Gasteiger partial charge in [-0.3, -0.25) is 4.79 Å². The van der Waals surface area contributed by atoms with Crippen molar-refractivity contribution >= 4 is 11.7 Å². The van der Waals surface area contributed by atoms with Gasteiger partial charge in [-0.25, -0.2) is 4.68 Å². The number of anilines is 1. The van der Waals surface area contributed by atoms with Gasteiger partial charge in [0.05, 0.1) is 11.6 Å². The second-order valence-corrected chi connectivity index (χ2v) is 5.62. The largest absolute Gasteiger partial charge is 0.316 e. The highest BCUT2D eigenvalue weighted by Gasteiger charge is 2.38. The van der Waals surface area contributed by atoms with Crippen molar-refractivity contribution in [2.45, 2.75) is 46.1 Å². The number of hydrogen-bond donors (Lipinski definition) is 2. The van der Waals surface area contributed by atoms with Crippen LogP contribution in [0.25, 0.3) is 0 Å². The predicted molar refractivity (Wildman–Crippen MR) is 76.1 cm³/mol. The van der Waals surface area contributed by atoms with Crippen LogP contribution in [-0.4, -0.2) is 28.8 Å². The summed E-state index contributed by atoms with van der Waals surface area (Å²) in [6.07, 6.45) is 4.61. The summed E-state index contributed by atoms with van der Waals surface area (Å²) in [5, 5.41) is 10.6. The van der Waals surface area contributed by atoms with Crippen LogP contribution in [-0.2, 0) is 4.79 Å². The molecular formula is C14H24N4O. The first-order valence-corrected chi connectivity index (χ1v) is 7.15. The molecule has 1 unspecified atom stereocenters. The molecule has 1 fully saturated rings. The van der Waals surface area contributed by atoms with E-state index in [4.69, 9.17) is 0 Å². The fourth-order valence-corrected chi connectivity index (χ4v) is 2.70. The minimum absolute atomic E-state index is 0.115. The number of rotatable bonds is 4. The molecule has 2 heterocycles. The van der Waals surface area contributed by atoms with Gasteiger partial charge in [0.2, 0.25) is 5.91 Å². The summed E-state index contributed by atoms with van der Waals surface area (Å²) in [6, 6.07) is 2.10. The van der Waals surface area contributed by atoms with Crippen LogP contribution in [0.5, 0.6) is 0 Å². The van der Waals surface area contributed by atoms with Crippen molar-refractivity contribution < 1.29 is 4.79 Å². The van der Waals surface area contributed by atoms with E-state index in [-0.39, 0.29) is 17.4 Å². The standard InChI is InChI=1S/C14H24N4O/c1-4-14(7-5-8-15-10-14)13(19)17-12-6-9-16-18(12)11(2)3/h6,9,11,15H,4-5,7-8,10H2,1-3H3,(H,17,19). The zero-order chi connectivity index (χ0) is 13.9. The van der Waals surface area contributed by atoms with Gasteiger partial charge in [0.15, 0.2) is 0 Å². The summed E-state index contributed by atoms with van der Waals surface area (Å²) in [5.41, 5.74) is -0.273. The summed E-state index contributed by atoms with van der Waals surface area (Å²) in [7, 11) is 0. The third kappa shape index (κ3) is 2.81. The number of nitrogens with one attached hydrogen (secondary N) is 2. The molecule has 1 amide bonds. The van der Waals surface area contributed by atoms with Crippen molar-refractivity contribution in [1.29, 1.82) is 0 Å². The van der Waals surface area contributed by atoms with Crippen molar-refractivity contribution in [1.82, 2.24) is 15.1 Å². The molecule has 1 atom stereocenters. The Kier molecular flexibility index (Phi) is 4.24. The lowest BCUT2D eigenvalue weighted by molar-refractivity contribution is -0.126. The van der Waals surface area contributed by atoms with Gasteiger partial charge < -0.3 is 10.6 Å². The highest BCUT2D eigenvalue weighted by Crippen LogP contribution is 2.31. The van der Waals surface area contributed by atoms with Gasteiger partial charge >= 0.3 is 0 Å². The molecule has 0 spiro atoms. The fourth-order valence-electron chi connectivity index (χ4n) is 2.70. The smallest absolute Gasteiger partial charge is 0.233 e. The van der Waals surface area contributed by atoms with Gasteiger partial charge in [0.1, 0.15) is 5.82 Å². The number of carbonyl (C=O) groups is 1. The third-order valence-corrected chi connectivity index (χ3v) is 4.03. The van der Waals surface area contributed by atoms with Crippen LogP contribution in [0.3, 0.4) is 0 Å². The van der Waals surface area contributed by atoms with Crippen LogP contribution in [0.4, 0.5) is 5.82 Å².